The number of cyclic esters (lactones) is 1. The monoisotopic (exact) mass is 334 g/mol. The van der Waals surface area contributed by atoms with Gasteiger partial charge in [0.05, 0.1) is 6.42 Å². The van der Waals surface area contributed by atoms with Gasteiger partial charge in [-0.05, 0) is 55.2 Å². The van der Waals surface area contributed by atoms with E-state index in [1.165, 1.54) is 0 Å². The molecule has 1 aliphatic carbocycles. The zero-order valence-electron chi connectivity index (χ0n) is 12.1. The molecule has 1 aromatic rings. The van der Waals surface area contributed by atoms with Crippen LogP contribution < -0.4 is 0 Å². The van der Waals surface area contributed by atoms with Crippen molar-refractivity contribution in [2.45, 2.75) is 50.3 Å². The predicted octanol–water partition coefficient (Wildman–Crippen LogP) is 4.57. The molecule has 0 bridgehead atoms. The van der Waals surface area contributed by atoms with E-state index >= 15 is 0 Å². The Bertz CT molecular complexity index is 586. The lowest BCUT2D eigenvalue weighted by atomic mass is 9.75. The summed E-state index contributed by atoms with van der Waals surface area (Å²) in [6.07, 6.45) is -2.03. The van der Waals surface area contributed by atoms with Crippen LogP contribution in [0.2, 0.25) is 0 Å². The fourth-order valence-electron chi connectivity index (χ4n) is 3.51. The molecule has 1 saturated heterocycles. The minimum atomic E-state index is -5.04. The molecule has 0 radical (unpaired) electrons. The van der Waals surface area contributed by atoms with Gasteiger partial charge in [0.2, 0.25) is 0 Å². The standard InChI is InChI=1S/C16H15F5O2/c17-11-5-10(6-12(18)15(11)16(19,20)21)8-1-3-9(4-2-8)13-7-14(22)23-13/h5-6,8-9,13H,1-4,7H2. The van der Waals surface area contributed by atoms with Gasteiger partial charge in [-0.3, -0.25) is 4.79 Å². The zero-order valence-corrected chi connectivity index (χ0v) is 12.1. The van der Waals surface area contributed by atoms with Crippen LogP contribution >= 0.6 is 0 Å². The number of rotatable bonds is 2. The maximum Gasteiger partial charge on any atom is 0.422 e. The number of alkyl halides is 3. The summed E-state index contributed by atoms with van der Waals surface area (Å²) in [6, 6.07) is 1.58. The van der Waals surface area contributed by atoms with E-state index in [-0.39, 0.29) is 29.5 Å². The highest BCUT2D eigenvalue weighted by atomic mass is 19.4. The fraction of sp³-hybridized carbons (Fsp3) is 0.562. The second-order valence-electron chi connectivity index (χ2n) is 6.20. The highest BCUT2D eigenvalue weighted by Gasteiger charge is 2.40. The zero-order chi connectivity index (χ0) is 16.8. The number of hydrogen-bond acceptors (Lipinski definition) is 2. The van der Waals surface area contributed by atoms with Crippen LogP contribution in [0.3, 0.4) is 0 Å². The van der Waals surface area contributed by atoms with Gasteiger partial charge in [0.15, 0.2) is 0 Å². The molecule has 0 spiro atoms. The third-order valence-corrected chi connectivity index (χ3v) is 4.77. The summed E-state index contributed by atoms with van der Waals surface area (Å²) in [6.45, 7) is 0. The number of hydrogen-bond donors (Lipinski definition) is 0. The van der Waals surface area contributed by atoms with Crippen molar-refractivity contribution in [1.29, 1.82) is 0 Å². The van der Waals surface area contributed by atoms with Crippen LogP contribution in [0.1, 0.15) is 49.1 Å². The topological polar surface area (TPSA) is 26.3 Å². The third-order valence-electron chi connectivity index (χ3n) is 4.77. The first-order chi connectivity index (χ1) is 10.8. The minimum absolute atomic E-state index is 0.0791. The van der Waals surface area contributed by atoms with Crippen molar-refractivity contribution in [2.75, 3.05) is 0 Å². The first-order valence-electron chi connectivity index (χ1n) is 7.51. The lowest BCUT2D eigenvalue weighted by Crippen LogP contribution is -2.40. The Morgan fingerprint density at radius 3 is 1.96 bits per heavy atom. The van der Waals surface area contributed by atoms with Crippen LogP contribution in [0, 0.1) is 17.6 Å². The quantitative estimate of drug-likeness (QED) is 0.585. The molecule has 1 aliphatic heterocycles. The summed E-state index contributed by atoms with van der Waals surface area (Å²) in [5.41, 5.74) is -1.58. The van der Waals surface area contributed by atoms with Gasteiger partial charge < -0.3 is 4.74 Å². The summed E-state index contributed by atoms with van der Waals surface area (Å²) in [5.74, 6) is -3.30. The van der Waals surface area contributed by atoms with E-state index in [4.69, 9.17) is 4.74 Å². The average molecular weight is 334 g/mol. The van der Waals surface area contributed by atoms with Crippen LogP contribution in [0.15, 0.2) is 12.1 Å². The molecule has 1 heterocycles. The molecule has 126 valence electrons. The lowest BCUT2D eigenvalue weighted by Gasteiger charge is -2.37. The first-order valence-corrected chi connectivity index (χ1v) is 7.51. The first kappa shape index (κ1) is 16.2. The molecule has 1 aromatic carbocycles. The minimum Gasteiger partial charge on any atom is -0.461 e. The normalized spacial score (nSPS) is 28.2. The molecule has 2 aliphatic rings. The Balaban J connectivity index is 1.70. The van der Waals surface area contributed by atoms with Gasteiger partial charge in [-0.25, -0.2) is 8.78 Å². The molecule has 23 heavy (non-hydrogen) atoms. The third kappa shape index (κ3) is 3.19. The van der Waals surface area contributed by atoms with Crippen LogP contribution in [0.5, 0.6) is 0 Å². The summed E-state index contributed by atoms with van der Waals surface area (Å²) in [7, 11) is 0. The maximum atomic E-state index is 13.7. The van der Waals surface area contributed by atoms with Crippen LogP contribution in [0.4, 0.5) is 22.0 Å². The molecule has 1 unspecified atom stereocenters. The number of ether oxygens (including phenoxy) is 1. The number of benzene rings is 1. The number of carbonyl (C=O) groups is 1. The Morgan fingerprint density at radius 1 is 1.00 bits per heavy atom. The fourth-order valence-corrected chi connectivity index (χ4v) is 3.51. The smallest absolute Gasteiger partial charge is 0.422 e. The van der Waals surface area contributed by atoms with Crippen LogP contribution in [-0.4, -0.2) is 12.1 Å². The molecule has 1 saturated carbocycles. The van der Waals surface area contributed by atoms with Gasteiger partial charge in [0, 0.05) is 0 Å². The number of esters is 1. The summed E-state index contributed by atoms with van der Waals surface area (Å²) >= 11 is 0. The van der Waals surface area contributed by atoms with E-state index in [2.05, 4.69) is 0 Å². The van der Waals surface area contributed by atoms with Crippen molar-refractivity contribution < 1.29 is 31.5 Å². The van der Waals surface area contributed by atoms with Crippen molar-refractivity contribution in [3.05, 3.63) is 34.9 Å². The van der Waals surface area contributed by atoms with E-state index in [0.29, 0.717) is 19.3 Å². The molecular weight excluding hydrogens is 319 g/mol. The predicted molar refractivity (Wildman–Crippen MR) is 70.6 cm³/mol. The van der Waals surface area contributed by atoms with Crippen LogP contribution in [-0.2, 0) is 15.7 Å². The van der Waals surface area contributed by atoms with E-state index in [0.717, 1.165) is 25.0 Å². The van der Waals surface area contributed by atoms with Crippen molar-refractivity contribution in [3.8, 4) is 0 Å². The molecule has 0 aromatic heterocycles. The molecule has 3 rings (SSSR count). The van der Waals surface area contributed by atoms with Crippen molar-refractivity contribution in [2.24, 2.45) is 5.92 Å². The summed E-state index contributed by atoms with van der Waals surface area (Å²) < 4.78 is 70.1. The average Bonchev–Trinajstić information content (AvgIpc) is 2.42. The highest BCUT2D eigenvalue weighted by molar-refractivity contribution is 5.75. The summed E-state index contributed by atoms with van der Waals surface area (Å²) in [4.78, 5) is 10.8. The van der Waals surface area contributed by atoms with E-state index in [9.17, 15) is 26.7 Å². The molecule has 0 amide bonds. The van der Waals surface area contributed by atoms with Gasteiger partial charge in [0.1, 0.15) is 23.3 Å². The maximum absolute atomic E-state index is 13.7. The molecular formula is C16H15F5O2. The number of carbonyl (C=O) groups excluding carboxylic acids is 1. The Hall–Kier alpha value is -1.66. The van der Waals surface area contributed by atoms with Crippen LogP contribution in [0.25, 0.3) is 0 Å². The molecule has 2 fully saturated rings. The molecule has 1 atom stereocenters. The van der Waals surface area contributed by atoms with Crippen molar-refractivity contribution >= 4 is 5.97 Å². The van der Waals surface area contributed by atoms with Gasteiger partial charge in [0.25, 0.3) is 0 Å². The summed E-state index contributed by atoms with van der Waals surface area (Å²) in [5, 5.41) is 0. The number of halogens is 5. The Kier molecular flexibility index (Phi) is 4.06. The van der Waals surface area contributed by atoms with Gasteiger partial charge in [-0.2, -0.15) is 13.2 Å². The van der Waals surface area contributed by atoms with E-state index < -0.39 is 23.4 Å². The SMILES string of the molecule is O=C1CC(C2CCC(c3cc(F)c(C(F)(F)F)c(F)c3)CC2)O1. The Morgan fingerprint density at radius 2 is 1.52 bits per heavy atom. The van der Waals surface area contributed by atoms with Gasteiger partial charge in [-0.15, -0.1) is 0 Å². The highest BCUT2D eigenvalue weighted by Crippen LogP contribution is 2.42. The molecule has 0 N–H and O–H groups in total. The molecule has 2 nitrogen and oxygen atoms in total. The van der Waals surface area contributed by atoms with Crippen molar-refractivity contribution in [3.63, 3.8) is 0 Å². The lowest BCUT2D eigenvalue weighted by molar-refractivity contribution is -0.176. The van der Waals surface area contributed by atoms with Gasteiger partial charge >= 0.3 is 12.1 Å². The molecule has 7 heteroatoms. The van der Waals surface area contributed by atoms with Crippen molar-refractivity contribution in [1.82, 2.24) is 0 Å². The second-order valence-corrected chi connectivity index (χ2v) is 6.20. The van der Waals surface area contributed by atoms with Gasteiger partial charge in [-0.1, -0.05) is 0 Å². The Labute approximate surface area is 129 Å². The van der Waals surface area contributed by atoms with E-state index in [1.54, 1.807) is 0 Å². The van der Waals surface area contributed by atoms with E-state index in [1.807, 2.05) is 0 Å². The largest absolute Gasteiger partial charge is 0.461 e. The second kappa shape index (κ2) is 5.76.